The van der Waals surface area contributed by atoms with Gasteiger partial charge in [0.1, 0.15) is 0 Å². The van der Waals surface area contributed by atoms with Gasteiger partial charge in [0.05, 0.1) is 17.6 Å². The molecule has 2 atom stereocenters. The molecule has 0 aliphatic rings. The van der Waals surface area contributed by atoms with Crippen LogP contribution in [0.4, 0.5) is 0 Å². The first-order valence-corrected chi connectivity index (χ1v) is 7.32. The van der Waals surface area contributed by atoms with Crippen molar-refractivity contribution >= 4 is 9.84 Å². The lowest BCUT2D eigenvalue weighted by atomic mass is 10.2. The molecule has 4 nitrogen and oxygen atoms in total. The van der Waals surface area contributed by atoms with Gasteiger partial charge < -0.3 is 10.4 Å². The molecule has 2 unspecified atom stereocenters. The summed E-state index contributed by atoms with van der Waals surface area (Å²) >= 11 is 0. The number of hydrogen-bond donors (Lipinski definition) is 2. The minimum Gasteiger partial charge on any atom is -0.391 e. The molecule has 0 amide bonds. The Morgan fingerprint density at radius 1 is 1.27 bits per heavy atom. The number of hydrogen-bond acceptors (Lipinski definition) is 4. The molecule has 0 spiro atoms. The second-order valence-corrected chi connectivity index (χ2v) is 6.21. The molecule has 0 saturated heterocycles. The predicted molar refractivity (Wildman–Crippen MR) is 62.7 cm³/mol. The monoisotopic (exact) mass is 237 g/mol. The molecule has 2 N–H and O–H groups in total. The maximum absolute atomic E-state index is 11.6. The third kappa shape index (κ3) is 7.76. The summed E-state index contributed by atoms with van der Waals surface area (Å²) in [5, 5.41) is 12.4. The Balaban J connectivity index is 4.02. The Hall–Kier alpha value is -0.130. The zero-order valence-corrected chi connectivity index (χ0v) is 10.7. The van der Waals surface area contributed by atoms with Gasteiger partial charge in [-0.05, 0) is 12.5 Å². The largest absolute Gasteiger partial charge is 0.391 e. The summed E-state index contributed by atoms with van der Waals surface area (Å²) in [6, 6.07) is 0. The number of sulfone groups is 1. The Morgan fingerprint density at radius 2 is 1.87 bits per heavy atom. The highest BCUT2D eigenvalue weighted by atomic mass is 32.2. The molecule has 0 fully saturated rings. The summed E-state index contributed by atoms with van der Waals surface area (Å²) in [5.74, 6) is 0.207. The zero-order valence-electron chi connectivity index (χ0n) is 9.86. The standard InChI is InChI=1S/C10H23NO3S/c1-4-9(3)7-15(13,14)8-10(12)6-11-5-2/h9-12H,4-8H2,1-3H3. The molecule has 0 heterocycles. The molecule has 0 bridgehead atoms. The molecule has 0 radical (unpaired) electrons. The van der Waals surface area contributed by atoms with Gasteiger partial charge in [-0.1, -0.05) is 27.2 Å². The zero-order chi connectivity index (χ0) is 11.9. The number of nitrogens with one attached hydrogen (secondary N) is 1. The Labute approximate surface area is 93.0 Å². The van der Waals surface area contributed by atoms with Gasteiger partial charge in [0.2, 0.25) is 0 Å². The number of aliphatic hydroxyl groups excluding tert-OH is 1. The Morgan fingerprint density at radius 3 is 2.33 bits per heavy atom. The molecule has 5 heteroatoms. The first-order valence-electron chi connectivity index (χ1n) is 5.50. The summed E-state index contributed by atoms with van der Waals surface area (Å²) in [5.41, 5.74) is 0. The molecule has 0 aliphatic carbocycles. The fraction of sp³-hybridized carbons (Fsp3) is 1.00. The van der Waals surface area contributed by atoms with E-state index in [0.29, 0.717) is 6.54 Å². The fourth-order valence-corrected chi connectivity index (χ4v) is 3.23. The van der Waals surface area contributed by atoms with Crippen molar-refractivity contribution in [3.05, 3.63) is 0 Å². The van der Waals surface area contributed by atoms with E-state index in [9.17, 15) is 13.5 Å². The number of rotatable bonds is 8. The van der Waals surface area contributed by atoms with Crippen LogP contribution in [0.15, 0.2) is 0 Å². The van der Waals surface area contributed by atoms with Gasteiger partial charge in [-0.25, -0.2) is 8.42 Å². The Bertz CT molecular complexity index is 251. The molecule has 0 aromatic heterocycles. The summed E-state index contributed by atoms with van der Waals surface area (Å²) in [6.07, 6.45) is 0.0572. The molecule has 92 valence electrons. The summed E-state index contributed by atoms with van der Waals surface area (Å²) in [6.45, 7) is 6.88. The van der Waals surface area contributed by atoms with Crippen molar-refractivity contribution in [3.8, 4) is 0 Å². The normalized spacial score (nSPS) is 16.3. The quantitative estimate of drug-likeness (QED) is 0.642. The van der Waals surface area contributed by atoms with Crippen LogP contribution in [0.1, 0.15) is 27.2 Å². The molecule has 0 rings (SSSR count). The lowest BCUT2D eigenvalue weighted by molar-refractivity contribution is 0.194. The van der Waals surface area contributed by atoms with E-state index in [1.807, 2.05) is 20.8 Å². The van der Waals surface area contributed by atoms with Gasteiger partial charge in [0, 0.05) is 6.54 Å². The van der Waals surface area contributed by atoms with Crippen molar-refractivity contribution in [2.24, 2.45) is 5.92 Å². The van der Waals surface area contributed by atoms with Gasteiger partial charge in [-0.2, -0.15) is 0 Å². The van der Waals surface area contributed by atoms with Gasteiger partial charge in [-0.3, -0.25) is 0 Å². The molecular weight excluding hydrogens is 214 g/mol. The average Bonchev–Trinajstić information content (AvgIpc) is 2.12. The Kier molecular flexibility index (Phi) is 7.13. The first kappa shape index (κ1) is 14.9. The molecular formula is C10H23NO3S. The van der Waals surface area contributed by atoms with E-state index in [4.69, 9.17) is 0 Å². The summed E-state index contributed by atoms with van der Waals surface area (Å²) < 4.78 is 23.2. The number of likely N-dealkylation sites (N-methyl/N-ethyl adjacent to an activating group) is 1. The minimum absolute atomic E-state index is 0.135. The van der Waals surface area contributed by atoms with Crippen LogP contribution in [-0.2, 0) is 9.84 Å². The first-order chi connectivity index (χ1) is 6.91. The van der Waals surface area contributed by atoms with Crippen molar-refractivity contribution in [1.82, 2.24) is 5.32 Å². The van der Waals surface area contributed by atoms with Gasteiger partial charge in [0.15, 0.2) is 9.84 Å². The van der Waals surface area contributed by atoms with Gasteiger partial charge in [-0.15, -0.1) is 0 Å². The van der Waals surface area contributed by atoms with Crippen molar-refractivity contribution in [3.63, 3.8) is 0 Å². The molecule has 15 heavy (non-hydrogen) atoms. The van der Waals surface area contributed by atoms with Crippen molar-refractivity contribution in [1.29, 1.82) is 0 Å². The van der Waals surface area contributed by atoms with Crippen LogP contribution in [0.5, 0.6) is 0 Å². The lowest BCUT2D eigenvalue weighted by Gasteiger charge is -2.13. The molecule has 0 aromatic rings. The van der Waals surface area contributed by atoms with E-state index in [1.54, 1.807) is 0 Å². The molecule has 0 aromatic carbocycles. The van der Waals surface area contributed by atoms with Crippen molar-refractivity contribution in [2.75, 3.05) is 24.6 Å². The highest BCUT2D eigenvalue weighted by molar-refractivity contribution is 7.91. The maximum atomic E-state index is 11.6. The van der Waals surface area contributed by atoms with E-state index in [2.05, 4.69) is 5.32 Å². The van der Waals surface area contributed by atoms with Crippen LogP contribution in [0.3, 0.4) is 0 Å². The maximum Gasteiger partial charge on any atom is 0.153 e. The third-order valence-corrected chi connectivity index (χ3v) is 4.28. The summed E-state index contributed by atoms with van der Waals surface area (Å²) in [7, 11) is -3.11. The van der Waals surface area contributed by atoms with E-state index in [-0.39, 0.29) is 17.4 Å². The predicted octanol–water partition coefficient (Wildman–Crippen LogP) is 0.418. The minimum atomic E-state index is -3.11. The van der Waals surface area contributed by atoms with Crippen LogP contribution in [0.2, 0.25) is 0 Å². The SMILES string of the molecule is CCNCC(O)CS(=O)(=O)CC(C)CC. The highest BCUT2D eigenvalue weighted by Crippen LogP contribution is 2.06. The van der Waals surface area contributed by atoms with Crippen LogP contribution >= 0.6 is 0 Å². The van der Waals surface area contributed by atoms with Crippen molar-refractivity contribution < 1.29 is 13.5 Å². The fourth-order valence-electron chi connectivity index (χ4n) is 1.28. The van der Waals surface area contributed by atoms with E-state index < -0.39 is 15.9 Å². The summed E-state index contributed by atoms with van der Waals surface area (Å²) in [4.78, 5) is 0. The van der Waals surface area contributed by atoms with Crippen LogP contribution in [-0.4, -0.2) is 44.2 Å². The van der Waals surface area contributed by atoms with Gasteiger partial charge >= 0.3 is 0 Å². The van der Waals surface area contributed by atoms with E-state index in [1.165, 1.54) is 0 Å². The van der Waals surface area contributed by atoms with Crippen LogP contribution < -0.4 is 5.32 Å². The van der Waals surface area contributed by atoms with E-state index in [0.717, 1.165) is 13.0 Å². The van der Waals surface area contributed by atoms with Gasteiger partial charge in [0.25, 0.3) is 0 Å². The lowest BCUT2D eigenvalue weighted by Crippen LogP contribution is -2.34. The smallest absolute Gasteiger partial charge is 0.153 e. The highest BCUT2D eigenvalue weighted by Gasteiger charge is 2.19. The third-order valence-electron chi connectivity index (χ3n) is 2.31. The average molecular weight is 237 g/mol. The second kappa shape index (κ2) is 7.19. The van der Waals surface area contributed by atoms with Crippen molar-refractivity contribution in [2.45, 2.75) is 33.3 Å². The number of aliphatic hydroxyl groups is 1. The van der Waals surface area contributed by atoms with Crippen LogP contribution in [0.25, 0.3) is 0 Å². The van der Waals surface area contributed by atoms with E-state index >= 15 is 0 Å². The topological polar surface area (TPSA) is 66.4 Å². The molecule has 0 saturated carbocycles. The second-order valence-electron chi connectivity index (χ2n) is 4.05. The molecule has 0 aliphatic heterocycles. The van der Waals surface area contributed by atoms with Crippen LogP contribution in [0, 0.1) is 5.92 Å².